The van der Waals surface area contributed by atoms with E-state index in [4.69, 9.17) is 4.74 Å². The van der Waals surface area contributed by atoms with Crippen molar-refractivity contribution >= 4 is 0 Å². The molecule has 1 saturated carbocycles. The highest BCUT2D eigenvalue weighted by molar-refractivity contribution is 5.33. The van der Waals surface area contributed by atoms with Gasteiger partial charge in [-0.1, -0.05) is 32.6 Å². The van der Waals surface area contributed by atoms with Crippen molar-refractivity contribution < 1.29 is 4.74 Å². The summed E-state index contributed by atoms with van der Waals surface area (Å²) in [5.74, 6) is 1.64. The van der Waals surface area contributed by atoms with Crippen LogP contribution in [0.5, 0.6) is 5.75 Å². The van der Waals surface area contributed by atoms with E-state index in [-0.39, 0.29) is 0 Å². The van der Waals surface area contributed by atoms with Crippen molar-refractivity contribution in [2.45, 2.75) is 51.5 Å². The molecular weight excluding hydrogens is 236 g/mol. The third kappa shape index (κ3) is 3.69. The number of methoxy groups -OCH3 is 1. The molecule has 1 heterocycles. The van der Waals surface area contributed by atoms with Crippen molar-refractivity contribution in [3.05, 3.63) is 24.0 Å². The molecule has 0 spiro atoms. The van der Waals surface area contributed by atoms with Crippen LogP contribution >= 0.6 is 0 Å². The fraction of sp³-hybridized carbons (Fsp3) is 0.688. The fourth-order valence-corrected chi connectivity index (χ4v) is 3.21. The molecule has 0 aliphatic heterocycles. The Bertz CT molecular complexity index is 373. The van der Waals surface area contributed by atoms with Crippen LogP contribution in [0.4, 0.5) is 0 Å². The topological polar surface area (TPSA) is 34.2 Å². The normalized spacial score (nSPS) is 18.8. The molecule has 2 rings (SSSR count). The highest BCUT2D eigenvalue weighted by Crippen LogP contribution is 2.36. The van der Waals surface area contributed by atoms with Gasteiger partial charge in [0.05, 0.1) is 13.3 Å². The van der Waals surface area contributed by atoms with Crippen molar-refractivity contribution in [1.82, 2.24) is 10.3 Å². The minimum Gasteiger partial charge on any atom is -0.495 e. The summed E-state index contributed by atoms with van der Waals surface area (Å²) in [4.78, 5) is 4.17. The standard InChI is InChI=1S/C16H26N2O/c1-3-18-16(13-8-6-4-5-7-9-13)14-10-11-17-12-15(14)19-2/h10-13,16,18H,3-9H2,1-2H3. The van der Waals surface area contributed by atoms with Gasteiger partial charge in [0.15, 0.2) is 0 Å². The predicted octanol–water partition coefficient (Wildman–Crippen LogP) is 3.71. The van der Waals surface area contributed by atoms with Crippen molar-refractivity contribution in [3.63, 3.8) is 0 Å². The first-order valence-electron chi connectivity index (χ1n) is 7.58. The van der Waals surface area contributed by atoms with Crippen molar-refractivity contribution in [3.8, 4) is 5.75 Å². The number of hydrogen-bond donors (Lipinski definition) is 1. The molecule has 1 atom stereocenters. The molecule has 106 valence electrons. The second kappa shape index (κ2) is 7.49. The van der Waals surface area contributed by atoms with Crippen molar-refractivity contribution in [2.24, 2.45) is 5.92 Å². The zero-order valence-corrected chi connectivity index (χ0v) is 12.2. The molecule has 19 heavy (non-hydrogen) atoms. The Morgan fingerprint density at radius 2 is 2.05 bits per heavy atom. The van der Waals surface area contributed by atoms with E-state index in [9.17, 15) is 0 Å². The minimum absolute atomic E-state index is 0.404. The summed E-state index contributed by atoms with van der Waals surface area (Å²) in [5.41, 5.74) is 1.27. The molecule has 1 fully saturated rings. The van der Waals surface area contributed by atoms with E-state index in [0.29, 0.717) is 6.04 Å². The van der Waals surface area contributed by atoms with Crippen LogP contribution in [-0.2, 0) is 0 Å². The first kappa shape index (κ1) is 14.3. The molecule has 1 aliphatic rings. The molecule has 1 aromatic heterocycles. The lowest BCUT2D eigenvalue weighted by Crippen LogP contribution is -2.28. The van der Waals surface area contributed by atoms with Crippen LogP contribution in [0.25, 0.3) is 0 Å². The number of pyridine rings is 1. The maximum atomic E-state index is 5.49. The number of nitrogens with one attached hydrogen (secondary N) is 1. The van der Waals surface area contributed by atoms with Crippen LogP contribution < -0.4 is 10.1 Å². The first-order chi connectivity index (χ1) is 9.36. The van der Waals surface area contributed by atoms with E-state index < -0.39 is 0 Å². The minimum atomic E-state index is 0.404. The second-order valence-electron chi connectivity index (χ2n) is 5.40. The summed E-state index contributed by atoms with van der Waals surface area (Å²) in [6.07, 6.45) is 11.9. The number of rotatable bonds is 5. The average molecular weight is 262 g/mol. The van der Waals surface area contributed by atoms with Crippen molar-refractivity contribution in [1.29, 1.82) is 0 Å². The van der Waals surface area contributed by atoms with Crippen molar-refractivity contribution in [2.75, 3.05) is 13.7 Å². The second-order valence-corrected chi connectivity index (χ2v) is 5.40. The Morgan fingerprint density at radius 1 is 1.32 bits per heavy atom. The molecule has 1 aliphatic carbocycles. The summed E-state index contributed by atoms with van der Waals surface area (Å²) in [5, 5.41) is 3.66. The molecule has 0 radical (unpaired) electrons. The van der Waals surface area contributed by atoms with Gasteiger partial charge in [-0.2, -0.15) is 0 Å². The Hall–Kier alpha value is -1.09. The summed E-state index contributed by atoms with van der Waals surface area (Å²) >= 11 is 0. The van der Waals surface area contributed by atoms with Crippen LogP contribution in [0.2, 0.25) is 0 Å². The first-order valence-corrected chi connectivity index (χ1v) is 7.58. The highest BCUT2D eigenvalue weighted by atomic mass is 16.5. The Morgan fingerprint density at radius 3 is 2.68 bits per heavy atom. The molecule has 3 heteroatoms. The Kier molecular flexibility index (Phi) is 5.64. The van der Waals surface area contributed by atoms with E-state index in [1.807, 2.05) is 12.4 Å². The van der Waals surface area contributed by atoms with E-state index >= 15 is 0 Å². The Labute approximate surface area is 116 Å². The molecule has 1 aromatic rings. The molecule has 0 saturated heterocycles. The quantitative estimate of drug-likeness (QED) is 0.821. The van der Waals surface area contributed by atoms with Gasteiger partial charge >= 0.3 is 0 Å². The predicted molar refractivity (Wildman–Crippen MR) is 78.4 cm³/mol. The van der Waals surface area contributed by atoms with Crippen LogP contribution in [0.1, 0.15) is 57.1 Å². The van der Waals surface area contributed by atoms with Gasteiger partial charge in [0.1, 0.15) is 5.75 Å². The van der Waals surface area contributed by atoms with Gasteiger partial charge in [-0.15, -0.1) is 0 Å². The SMILES string of the molecule is CCNC(c1ccncc1OC)C1CCCCCC1. The van der Waals surface area contributed by atoms with E-state index in [0.717, 1.165) is 18.2 Å². The molecule has 1 N–H and O–H groups in total. The summed E-state index contributed by atoms with van der Waals surface area (Å²) in [6, 6.07) is 2.51. The van der Waals surface area contributed by atoms with Gasteiger partial charge in [-0.25, -0.2) is 0 Å². The summed E-state index contributed by atoms with van der Waals surface area (Å²) in [7, 11) is 1.73. The number of ether oxygens (including phenoxy) is 1. The summed E-state index contributed by atoms with van der Waals surface area (Å²) < 4.78 is 5.49. The maximum Gasteiger partial charge on any atom is 0.141 e. The average Bonchev–Trinajstić information content (AvgIpc) is 2.74. The largest absolute Gasteiger partial charge is 0.495 e. The fourth-order valence-electron chi connectivity index (χ4n) is 3.21. The molecule has 0 amide bonds. The van der Waals surface area contributed by atoms with Crippen LogP contribution in [0.15, 0.2) is 18.5 Å². The van der Waals surface area contributed by atoms with E-state index in [1.54, 1.807) is 7.11 Å². The molecule has 3 nitrogen and oxygen atoms in total. The maximum absolute atomic E-state index is 5.49. The monoisotopic (exact) mass is 262 g/mol. The number of nitrogens with zero attached hydrogens (tertiary/aromatic N) is 1. The summed E-state index contributed by atoms with van der Waals surface area (Å²) in [6.45, 7) is 3.17. The van der Waals surface area contributed by atoms with Gasteiger partial charge in [-0.05, 0) is 31.4 Å². The van der Waals surface area contributed by atoms with Gasteiger partial charge in [0.25, 0.3) is 0 Å². The number of aromatic nitrogens is 1. The van der Waals surface area contributed by atoms with E-state index in [2.05, 4.69) is 23.3 Å². The molecule has 0 bridgehead atoms. The molecular formula is C16H26N2O. The number of hydrogen-bond acceptors (Lipinski definition) is 3. The lowest BCUT2D eigenvalue weighted by Gasteiger charge is -2.28. The molecule has 0 aromatic carbocycles. The third-order valence-electron chi connectivity index (χ3n) is 4.17. The van der Waals surface area contributed by atoms with Gasteiger partial charge in [0.2, 0.25) is 0 Å². The van der Waals surface area contributed by atoms with Gasteiger partial charge in [0, 0.05) is 17.8 Å². The third-order valence-corrected chi connectivity index (χ3v) is 4.17. The Balaban J connectivity index is 2.22. The zero-order valence-electron chi connectivity index (χ0n) is 12.2. The van der Waals surface area contributed by atoms with Crippen LogP contribution in [0, 0.1) is 5.92 Å². The van der Waals surface area contributed by atoms with E-state index in [1.165, 1.54) is 44.1 Å². The lowest BCUT2D eigenvalue weighted by molar-refractivity contribution is 0.316. The zero-order chi connectivity index (χ0) is 13.5. The van der Waals surface area contributed by atoms with Crippen LogP contribution in [0.3, 0.4) is 0 Å². The molecule has 1 unspecified atom stereocenters. The lowest BCUT2D eigenvalue weighted by atomic mass is 9.87. The van der Waals surface area contributed by atoms with Gasteiger partial charge < -0.3 is 10.1 Å². The van der Waals surface area contributed by atoms with Crippen LogP contribution in [-0.4, -0.2) is 18.6 Å². The smallest absolute Gasteiger partial charge is 0.141 e. The van der Waals surface area contributed by atoms with Gasteiger partial charge in [-0.3, -0.25) is 4.98 Å². The highest BCUT2D eigenvalue weighted by Gasteiger charge is 2.25.